The number of carboxylic acids is 1. The summed E-state index contributed by atoms with van der Waals surface area (Å²) in [4.78, 5) is 11.2. The lowest BCUT2D eigenvalue weighted by atomic mass is 10.2. The second-order valence-corrected chi connectivity index (χ2v) is 6.76. The molecule has 0 heterocycles. The van der Waals surface area contributed by atoms with E-state index in [0.29, 0.717) is 0 Å². The van der Waals surface area contributed by atoms with Crippen molar-refractivity contribution in [1.82, 2.24) is 4.31 Å². The number of aromatic carboxylic acids is 1. The standard InChI is InChI=1S/C13H17NO6S/c1-14(8-4-5-8)21(17,18)9-6-10(13(15)16)12(20-3)11(7-9)19-2/h6-8H,4-5H2,1-3H3,(H,15,16). The Morgan fingerprint density at radius 3 is 2.33 bits per heavy atom. The monoisotopic (exact) mass is 315 g/mol. The van der Waals surface area contributed by atoms with Crippen LogP contribution in [0.25, 0.3) is 0 Å². The molecule has 0 spiro atoms. The molecule has 8 heteroatoms. The number of sulfonamides is 1. The summed E-state index contributed by atoms with van der Waals surface area (Å²) in [5.41, 5.74) is -0.250. The van der Waals surface area contributed by atoms with Crippen LogP contribution in [-0.4, -0.2) is 51.1 Å². The molecule has 7 nitrogen and oxygen atoms in total. The number of hydrogen-bond acceptors (Lipinski definition) is 5. The molecule has 0 bridgehead atoms. The van der Waals surface area contributed by atoms with Crippen molar-refractivity contribution in [2.45, 2.75) is 23.8 Å². The van der Waals surface area contributed by atoms with Crippen molar-refractivity contribution < 1.29 is 27.8 Å². The van der Waals surface area contributed by atoms with Crippen LogP contribution >= 0.6 is 0 Å². The highest BCUT2D eigenvalue weighted by Crippen LogP contribution is 2.37. The van der Waals surface area contributed by atoms with E-state index in [-0.39, 0.29) is 28.0 Å². The van der Waals surface area contributed by atoms with Gasteiger partial charge in [0.2, 0.25) is 10.0 Å². The predicted octanol–water partition coefficient (Wildman–Crippen LogP) is 1.18. The molecule has 1 saturated carbocycles. The van der Waals surface area contributed by atoms with Gasteiger partial charge in [0, 0.05) is 19.2 Å². The molecule has 1 N–H and O–H groups in total. The smallest absolute Gasteiger partial charge is 0.339 e. The van der Waals surface area contributed by atoms with Gasteiger partial charge in [0.25, 0.3) is 0 Å². The van der Waals surface area contributed by atoms with Crippen molar-refractivity contribution in [3.05, 3.63) is 17.7 Å². The first-order valence-electron chi connectivity index (χ1n) is 6.30. The molecular weight excluding hydrogens is 298 g/mol. The number of methoxy groups -OCH3 is 2. The van der Waals surface area contributed by atoms with Gasteiger partial charge in [0.05, 0.1) is 19.1 Å². The third-order valence-corrected chi connectivity index (χ3v) is 5.31. The van der Waals surface area contributed by atoms with E-state index in [1.165, 1.54) is 31.6 Å². The predicted molar refractivity (Wildman–Crippen MR) is 74.5 cm³/mol. The molecule has 1 aliphatic rings. The van der Waals surface area contributed by atoms with Gasteiger partial charge in [-0.3, -0.25) is 0 Å². The summed E-state index contributed by atoms with van der Waals surface area (Å²) in [6, 6.07) is 2.36. The fourth-order valence-electron chi connectivity index (χ4n) is 2.05. The zero-order valence-electron chi connectivity index (χ0n) is 12.0. The van der Waals surface area contributed by atoms with Gasteiger partial charge in [-0.25, -0.2) is 13.2 Å². The quantitative estimate of drug-likeness (QED) is 0.847. The third kappa shape index (κ3) is 2.81. The van der Waals surface area contributed by atoms with Gasteiger partial charge in [-0.2, -0.15) is 4.31 Å². The van der Waals surface area contributed by atoms with Crippen molar-refractivity contribution in [2.24, 2.45) is 0 Å². The fraction of sp³-hybridized carbons (Fsp3) is 0.462. The van der Waals surface area contributed by atoms with Gasteiger partial charge in [-0.05, 0) is 18.9 Å². The van der Waals surface area contributed by atoms with E-state index >= 15 is 0 Å². The average molecular weight is 315 g/mol. The highest BCUT2D eigenvalue weighted by Gasteiger charge is 2.36. The second kappa shape index (κ2) is 5.53. The van der Waals surface area contributed by atoms with Crippen molar-refractivity contribution in [3.8, 4) is 11.5 Å². The van der Waals surface area contributed by atoms with Crippen molar-refractivity contribution >= 4 is 16.0 Å². The summed E-state index contributed by atoms with van der Waals surface area (Å²) >= 11 is 0. The fourth-order valence-corrected chi connectivity index (χ4v) is 3.51. The van der Waals surface area contributed by atoms with E-state index in [1.807, 2.05) is 0 Å². The Bertz CT molecular complexity index is 665. The number of carbonyl (C=O) groups is 1. The van der Waals surface area contributed by atoms with Crippen molar-refractivity contribution in [2.75, 3.05) is 21.3 Å². The summed E-state index contributed by atoms with van der Waals surface area (Å²) in [7, 11) is 0.360. The van der Waals surface area contributed by atoms with E-state index < -0.39 is 16.0 Å². The lowest BCUT2D eigenvalue weighted by Crippen LogP contribution is -2.29. The lowest BCUT2D eigenvalue weighted by molar-refractivity contribution is 0.0692. The van der Waals surface area contributed by atoms with E-state index in [9.17, 15) is 18.3 Å². The van der Waals surface area contributed by atoms with Crippen LogP contribution in [-0.2, 0) is 10.0 Å². The molecule has 1 aliphatic carbocycles. The molecule has 1 aromatic carbocycles. The van der Waals surface area contributed by atoms with Crippen LogP contribution in [0.2, 0.25) is 0 Å². The average Bonchev–Trinajstić information content (AvgIpc) is 3.28. The Morgan fingerprint density at radius 2 is 1.90 bits per heavy atom. The maximum absolute atomic E-state index is 12.5. The third-order valence-electron chi connectivity index (χ3n) is 3.42. The van der Waals surface area contributed by atoms with Crippen LogP contribution in [0.4, 0.5) is 0 Å². The topological polar surface area (TPSA) is 93.1 Å². The van der Waals surface area contributed by atoms with Gasteiger partial charge in [-0.15, -0.1) is 0 Å². The van der Waals surface area contributed by atoms with Gasteiger partial charge >= 0.3 is 5.97 Å². The van der Waals surface area contributed by atoms with E-state index in [0.717, 1.165) is 18.9 Å². The molecule has 0 unspecified atom stereocenters. The maximum Gasteiger partial charge on any atom is 0.339 e. The van der Waals surface area contributed by atoms with Gasteiger partial charge in [-0.1, -0.05) is 0 Å². The van der Waals surface area contributed by atoms with Gasteiger partial charge in [0.15, 0.2) is 11.5 Å². The molecule has 21 heavy (non-hydrogen) atoms. The number of nitrogens with zero attached hydrogens (tertiary/aromatic N) is 1. The number of carboxylic acid groups (broad SMARTS) is 1. The van der Waals surface area contributed by atoms with Gasteiger partial charge < -0.3 is 14.6 Å². The summed E-state index contributed by atoms with van der Waals surface area (Å²) in [5.74, 6) is -1.21. The lowest BCUT2D eigenvalue weighted by Gasteiger charge is -2.18. The molecule has 0 amide bonds. The summed E-state index contributed by atoms with van der Waals surface area (Å²) < 4.78 is 36.3. The number of ether oxygens (including phenoxy) is 2. The second-order valence-electron chi connectivity index (χ2n) is 4.76. The summed E-state index contributed by atoms with van der Waals surface area (Å²) in [6.07, 6.45) is 1.63. The summed E-state index contributed by atoms with van der Waals surface area (Å²) in [5, 5.41) is 9.22. The molecule has 1 fully saturated rings. The Hall–Kier alpha value is -1.80. The molecule has 116 valence electrons. The SMILES string of the molecule is COc1cc(S(=O)(=O)N(C)C2CC2)cc(C(=O)O)c1OC. The zero-order chi connectivity index (χ0) is 15.8. The van der Waals surface area contributed by atoms with E-state index in [4.69, 9.17) is 9.47 Å². The van der Waals surface area contributed by atoms with Crippen molar-refractivity contribution in [1.29, 1.82) is 0 Å². The number of rotatable bonds is 6. The normalized spacial score (nSPS) is 15.0. The van der Waals surface area contributed by atoms with E-state index in [1.54, 1.807) is 0 Å². The first-order valence-corrected chi connectivity index (χ1v) is 7.74. The Balaban J connectivity index is 2.59. The highest BCUT2D eigenvalue weighted by molar-refractivity contribution is 7.89. The van der Waals surface area contributed by atoms with Crippen LogP contribution in [0.15, 0.2) is 17.0 Å². The van der Waals surface area contributed by atoms with Crippen LogP contribution in [0, 0.1) is 0 Å². The molecule has 2 rings (SSSR count). The largest absolute Gasteiger partial charge is 0.493 e. The number of benzene rings is 1. The molecule has 0 atom stereocenters. The molecular formula is C13H17NO6S. The zero-order valence-corrected chi connectivity index (χ0v) is 12.8. The highest BCUT2D eigenvalue weighted by atomic mass is 32.2. The minimum atomic E-state index is -3.75. The van der Waals surface area contributed by atoms with Crippen molar-refractivity contribution in [3.63, 3.8) is 0 Å². The molecule has 0 radical (unpaired) electrons. The summed E-state index contributed by atoms with van der Waals surface area (Å²) in [6.45, 7) is 0. The molecule has 0 aromatic heterocycles. The Morgan fingerprint density at radius 1 is 1.29 bits per heavy atom. The minimum absolute atomic E-state index is 0.00183. The molecule has 0 aliphatic heterocycles. The van der Waals surface area contributed by atoms with Crippen LogP contribution in [0.5, 0.6) is 11.5 Å². The Kier molecular flexibility index (Phi) is 4.11. The van der Waals surface area contributed by atoms with Gasteiger partial charge in [0.1, 0.15) is 5.56 Å². The number of hydrogen-bond donors (Lipinski definition) is 1. The maximum atomic E-state index is 12.5. The van der Waals surface area contributed by atoms with Crippen LogP contribution in [0.1, 0.15) is 23.2 Å². The van der Waals surface area contributed by atoms with Crippen LogP contribution in [0.3, 0.4) is 0 Å². The Labute approximate surface area is 123 Å². The first-order chi connectivity index (χ1) is 9.82. The van der Waals surface area contributed by atoms with E-state index in [2.05, 4.69) is 0 Å². The molecule has 0 saturated heterocycles. The van der Waals surface area contributed by atoms with Crippen LogP contribution < -0.4 is 9.47 Å². The minimum Gasteiger partial charge on any atom is -0.493 e. The first kappa shape index (κ1) is 15.6. The molecule has 1 aromatic rings.